The average molecular weight is 255 g/mol. The number of nitrogens with zero attached hydrogens (tertiary/aromatic N) is 1. The zero-order valence-electron chi connectivity index (χ0n) is 10.9. The monoisotopic (exact) mass is 255 g/mol. The molecule has 0 amide bonds. The standard InChI is InChI=1S/C15H17N3O/c1-2-11(14-8-5-9-19-14)16-10-15-17-12-6-3-4-7-13(12)18-15/h3-9,11,16H,2,10H2,1H3,(H,17,18). The lowest BCUT2D eigenvalue weighted by atomic mass is 10.2. The first-order valence-corrected chi connectivity index (χ1v) is 6.57. The van der Waals surface area contributed by atoms with Gasteiger partial charge in [0.25, 0.3) is 0 Å². The van der Waals surface area contributed by atoms with E-state index in [1.54, 1.807) is 6.26 Å². The fraction of sp³-hybridized carbons (Fsp3) is 0.267. The minimum Gasteiger partial charge on any atom is -0.468 e. The molecule has 0 saturated carbocycles. The molecule has 1 atom stereocenters. The SMILES string of the molecule is CCC(NCc1nc2ccccc2[nH]1)c1ccco1. The zero-order chi connectivity index (χ0) is 13.1. The Balaban J connectivity index is 1.71. The van der Waals surface area contributed by atoms with Gasteiger partial charge in [-0.25, -0.2) is 4.98 Å². The number of aromatic amines is 1. The van der Waals surface area contributed by atoms with Crippen LogP contribution >= 0.6 is 0 Å². The van der Waals surface area contributed by atoms with Gasteiger partial charge >= 0.3 is 0 Å². The Morgan fingerprint density at radius 3 is 2.89 bits per heavy atom. The van der Waals surface area contributed by atoms with Crippen molar-refractivity contribution in [2.45, 2.75) is 25.9 Å². The number of hydrogen-bond acceptors (Lipinski definition) is 3. The minimum atomic E-state index is 0.225. The lowest BCUT2D eigenvalue weighted by Gasteiger charge is -2.13. The normalized spacial score (nSPS) is 12.9. The third-order valence-electron chi connectivity index (χ3n) is 3.25. The van der Waals surface area contributed by atoms with Crippen LogP contribution in [-0.2, 0) is 6.54 Å². The molecule has 3 rings (SSSR count). The molecule has 1 aromatic carbocycles. The van der Waals surface area contributed by atoms with Crippen LogP contribution in [0, 0.1) is 0 Å². The summed E-state index contributed by atoms with van der Waals surface area (Å²) in [5.41, 5.74) is 2.08. The highest BCUT2D eigenvalue weighted by Crippen LogP contribution is 2.17. The van der Waals surface area contributed by atoms with Crippen molar-refractivity contribution >= 4 is 11.0 Å². The Bertz CT molecular complexity index is 609. The average Bonchev–Trinajstić information content (AvgIpc) is 3.08. The molecular weight excluding hydrogens is 238 g/mol. The van der Waals surface area contributed by atoms with E-state index < -0.39 is 0 Å². The molecule has 0 aliphatic rings. The smallest absolute Gasteiger partial charge is 0.121 e. The molecular formula is C15H17N3O. The molecule has 0 radical (unpaired) electrons. The molecule has 0 fully saturated rings. The molecule has 19 heavy (non-hydrogen) atoms. The third kappa shape index (κ3) is 2.53. The number of para-hydroxylation sites is 2. The molecule has 4 nitrogen and oxygen atoms in total. The van der Waals surface area contributed by atoms with Crippen molar-refractivity contribution in [2.75, 3.05) is 0 Å². The topological polar surface area (TPSA) is 53.9 Å². The van der Waals surface area contributed by atoms with E-state index in [0.717, 1.165) is 29.0 Å². The van der Waals surface area contributed by atoms with Crippen molar-refractivity contribution in [3.8, 4) is 0 Å². The summed E-state index contributed by atoms with van der Waals surface area (Å²) in [5, 5.41) is 3.46. The number of imidazole rings is 1. The number of benzene rings is 1. The van der Waals surface area contributed by atoms with E-state index in [1.165, 1.54) is 0 Å². The van der Waals surface area contributed by atoms with Crippen LogP contribution in [0.2, 0.25) is 0 Å². The largest absolute Gasteiger partial charge is 0.468 e. The van der Waals surface area contributed by atoms with Crippen LogP contribution in [0.5, 0.6) is 0 Å². The first-order valence-electron chi connectivity index (χ1n) is 6.57. The van der Waals surface area contributed by atoms with E-state index in [-0.39, 0.29) is 6.04 Å². The van der Waals surface area contributed by atoms with Gasteiger partial charge in [0, 0.05) is 0 Å². The van der Waals surface area contributed by atoms with Crippen molar-refractivity contribution in [2.24, 2.45) is 0 Å². The van der Waals surface area contributed by atoms with Gasteiger partial charge in [0.1, 0.15) is 11.6 Å². The molecule has 0 aliphatic heterocycles. The highest BCUT2D eigenvalue weighted by Gasteiger charge is 2.12. The molecule has 4 heteroatoms. The van der Waals surface area contributed by atoms with Crippen molar-refractivity contribution in [3.63, 3.8) is 0 Å². The highest BCUT2D eigenvalue weighted by atomic mass is 16.3. The number of furan rings is 1. The lowest BCUT2D eigenvalue weighted by molar-refractivity contribution is 0.401. The first-order chi connectivity index (χ1) is 9.36. The van der Waals surface area contributed by atoms with Crippen LogP contribution in [-0.4, -0.2) is 9.97 Å². The second-order valence-electron chi connectivity index (χ2n) is 4.56. The highest BCUT2D eigenvalue weighted by molar-refractivity contribution is 5.74. The maximum atomic E-state index is 5.44. The van der Waals surface area contributed by atoms with Crippen LogP contribution in [0.25, 0.3) is 11.0 Å². The fourth-order valence-corrected chi connectivity index (χ4v) is 2.24. The number of H-pyrrole nitrogens is 1. The predicted octanol–water partition coefficient (Wildman–Crippen LogP) is 3.40. The number of fused-ring (bicyclic) bond motifs is 1. The Labute approximate surface area is 111 Å². The molecule has 2 N–H and O–H groups in total. The summed E-state index contributed by atoms with van der Waals surface area (Å²) in [6.45, 7) is 2.84. The van der Waals surface area contributed by atoms with Gasteiger partial charge in [-0.1, -0.05) is 19.1 Å². The van der Waals surface area contributed by atoms with Gasteiger partial charge in [-0.15, -0.1) is 0 Å². The molecule has 0 spiro atoms. The Morgan fingerprint density at radius 1 is 1.26 bits per heavy atom. The van der Waals surface area contributed by atoms with E-state index in [2.05, 4.69) is 22.2 Å². The Morgan fingerprint density at radius 2 is 2.16 bits per heavy atom. The second-order valence-corrected chi connectivity index (χ2v) is 4.56. The molecule has 3 aromatic rings. The third-order valence-corrected chi connectivity index (χ3v) is 3.25. The van der Waals surface area contributed by atoms with Gasteiger partial charge < -0.3 is 14.7 Å². The maximum Gasteiger partial charge on any atom is 0.121 e. The van der Waals surface area contributed by atoms with Gasteiger partial charge in [0.2, 0.25) is 0 Å². The van der Waals surface area contributed by atoms with Gasteiger partial charge in [-0.05, 0) is 30.7 Å². The summed E-state index contributed by atoms with van der Waals surface area (Å²) in [5.74, 6) is 1.92. The Kier molecular flexibility index (Phi) is 3.33. The van der Waals surface area contributed by atoms with E-state index in [1.807, 2.05) is 36.4 Å². The van der Waals surface area contributed by atoms with Crippen molar-refractivity contribution < 1.29 is 4.42 Å². The van der Waals surface area contributed by atoms with Gasteiger partial charge in [0.15, 0.2) is 0 Å². The zero-order valence-corrected chi connectivity index (χ0v) is 10.9. The lowest BCUT2D eigenvalue weighted by Crippen LogP contribution is -2.20. The first kappa shape index (κ1) is 12.0. The molecule has 98 valence electrons. The van der Waals surface area contributed by atoms with Crippen LogP contribution in [0.3, 0.4) is 0 Å². The summed E-state index contributed by atoms with van der Waals surface area (Å²) in [7, 11) is 0. The molecule has 0 aliphatic carbocycles. The van der Waals surface area contributed by atoms with Crippen molar-refractivity contribution in [3.05, 3.63) is 54.2 Å². The van der Waals surface area contributed by atoms with Crippen LogP contribution in [0.4, 0.5) is 0 Å². The van der Waals surface area contributed by atoms with Crippen molar-refractivity contribution in [1.82, 2.24) is 15.3 Å². The van der Waals surface area contributed by atoms with Crippen LogP contribution in [0.1, 0.15) is 31.0 Å². The molecule has 0 bridgehead atoms. The fourth-order valence-electron chi connectivity index (χ4n) is 2.24. The molecule has 0 saturated heterocycles. The summed E-state index contributed by atoms with van der Waals surface area (Å²) in [6.07, 6.45) is 2.69. The van der Waals surface area contributed by atoms with Gasteiger partial charge in [-0.2, -0.15) is 0 Å². The minimum absolute atomic E-state index is 0.225. The summed E-state index contributed by atoms with van der Waals surface area (Å²) < 4.78 is 5.44. The molecule has 2 heterocycles. The van der Waals surface area contributed by atoms with Crippen molar-refractivity contribution in [1.29, 1.82) is 0 Å². The van der Waals surface area contributed by atoms with Gasteiger partial charge in [0.05, 0.1) is 29.9 Å². The van der Waals surface area contributed by atoms with E-state index >= 15 is 0 Å². The summed E-state index contributed by atoms with van der Waals surface area (Å²) >= 11 is 0. The second kappa shape index (κ2) is 5.28. The van der Waals surface area contributed by atoms with E-state index in [0.29, 0.717) is 6.54 Å². The van der Waals surface area contributed by atoms with Crippen LogP contribution in [0.15, 0.2) is 47.1 Å². The molecule has 1 unspecified atom stereocenters. The number of hydrogen-bond donors (Lipinski definition) is 2. The number of nitrogens with one attached hydrogen (secondary N) is 2. The summed E-state index contributed by atoms with van der Waals surface area (Å²) in [6, 6.07) is 12.2. The predicted molar refractivity (Wildman–Crippen MR) is 74.7 cm³/mol. The molecule has 2 aromatic heterocycles. The van der Waals surface area contributed by atoms with Crippen LogP contribution < -0.4 is 5.32 Å². The number of rotatable bonds is 5. The number of aromatic nitrogens is 2. The summed E-state index contributed by atoms with van der Waals surface area (Å²) in [4.78, 5) is 7.87. The van der Waals surface area contributed by atoms with E-state index in [4.69, 9.17) is 4.42 Å². The van der Waals surface area contributed by atoms with Gasteiger partial charge in [-0.3, -0.25) is 0 Å². The van der Waals surface area contributed by atoms with E-state index in [9.17, 15) is 0 Å². The quantitative estimate of drug-likeness (QED) is 0.734. The maximum absolute atomic E-state index is 5.44. The Hall–Kier alpha value is -2.07.